The maximum Gasteiger partial charge on any atom is 0.344 e. The number of ketones is 1. The number of hydrogen-bond donors (Lipinski definition) is 1. The van der Waals surface area contributed by atoms with Gasteiger partial charge in [-0.2, -0.15) is 0 Å². The lowest BCUT2D eigenvalue weighted by Crippen LogP contribution is -2.17. The summed E-state index contributed by atoms with van der Waals surface area (Å²) in [5, 5.41) is 2.42. The van der Waals surface area contributed by atoms with Crippen LogP contribution in [-0.4, -0.2) is 34.2 Å². The molecule has 0 bridgehead atoms. The van der Waals surface area contributed by atoms with Gasteiger partial charge in [0.2, 0.25) is 5.88 Å². The Morgan fingerprint density at radius 2 is 2.00 bits per heavy atom. The summed E-state index contributed by atoms with van der Waals surface area (Å²) < 4.78 is 10.3. The van der Waals surface area contributed by atoms with E-state index >= 15 is 0 Å². The lowest BCUT2D eigenvalue weighted by atomic mass is 10.1. The van der Waals surface area contributed by atoms with Crippen molar-refractivity contribution in [2.45, 2.75) is 20.8 Å². The molecule has 0 aromatic carbocycles. The zero-order valence-electron chi connectivity index (χ0n) is 12.9. The van der Waals surface area contributed by atoms with E-state index < -0.39 is 11.9 Å². The Kier molecular flexibility index (Phi) is 4.85. The first-order chi connectivity index (χ1) is 11.0. The van der Waals surface area contributed by atoms with Crippen molar-refractivity contribution in [3.8, 4) is 0 Å². The molecular weight excluding hydrogens is 302 g/mol. The number of esters is 1. The van der Waals surface area contributed by atoms with Crippen molar-refractivity contribution in [1.82, 2.24) is 9.97 Å². The van der Waals surface area contributed by atoms with Crippen LogP contribution in [0.4, 0.5) is 5.88 Å². The summed E-state index contributed by atoms with van der Waals surface area (Å²) in [7, 11) is 0. The summed E-state index contributed by atoms with van der Waals surface area (Å²) in [5.74, 6) is -1.66. The smallest absolute Gasteiger partial charge is 0.344 e. The fourth-order valence-electron chi connectivity index (χ4n) is 2.04. The van der Waals surface area contributed by atoms with Crippen LogP contribution in [0.25, 0.3) is 0 Å². The molecule has 8 nitrogen and oxygen atoms in total. The lowest BCUT2D eigenvalue weighted by molar-refractivity contribution is 0.0524. The Morgan fingerprint density at radius 3 is 2.57 bits per heavy atom. The quantitative estimate of drug-likeness (QED) is 0.663. The average Bonchev–Trinajstić information content (AvgIpc) is 2.84. The summed E-state index contributed by atoms with van der Waals surface area (Å²) in [5.41, 5.74) is 0.0210. The van der Waals surface area contributed by atoms with Gasteiger partial charge in [-0.05, 0) is 20.8 Å². The number of aromatic nitrogens is 2. The second-order valence-corrected chi connectivity index (χ2v) is 4.56. The third-order valence-electron chi connectivity index (χ3n) is 2.94. The first kappa shape index (κ1) is 16.3. The summed E-state index contributed by atoms with van der Waals surface area (Å²) >= 11 is 0. The van der Waals surface area contributed by atoms with Crippen molar-refractivity contribution in [3.63, 3.8) is 0 Å². The van der Waals surface area contributed by atoms with Gasteiger partial charge in [0.25, 0.3) is 5.91 Å². The SMILES string of the molecule is CCOC(=O)c1c(NC(=O)c2cnccn2)oc(C)c1C(C)=O. The van der Waals surface area contributed by atoms with Crippen molar-refractivity contribution in [1.29, 1.82) is 0 Å². The Balaban J connectivity index is 2.42. The van der Waals surface area contributed by atoms with Crippen LogP contribution in [0.3, 0.4) is 0 Å². The van der Waals surface area contributed by atoms with Gasteiger partial charge in [-0.1, -0.05) is 0 Å². The molecule has 1 N–H and O–H groups in total. The minimum Gasteiger partial charge on any atom is -0.462 e. The molecule has 0 unspecified atom stereocenters. The van der Waals surface area contributed by atoms with E-state index in [0.29, 0.717) is 0 Å². The predicted octanol–water partition coefficient (Wildman–Crippen LogP) is 2.01. The van der Waals surface area contributed by atoms with Gasteiger partial charge in [0.05, 0.1) is 18.4 Å². The molecule has 0 saturated carbocycles. The topological polar surface area (TPSA) is 111 Å². The van der Waals surface area contributed by atoms with Gasteiger partial charge >= 0.3 is 5.97 Å². The van der Waals surface area contributed by atoms with E-state index in [1.54, 1.807) is 6.92 Å². The second kappa shape index (κ2) is 6.82. The van der Waals surface area contributed by atoms with E-state index in [9.17, 15) is 14.4 Å². The van der Waals surface area contributed by atoms with E-state index in [-0.39, 0.29) is 40.9 Å². The van der Waals surface area contributed by atoms with Crippen molar-refractivity contribution < 1.29 is 23.5 Å². The van der Waals surface area contributed by atoms with Gasteiger partial charge in [0.15, 0.2) is 5.78 Å². The molecule has 1 amide bonds. The fraction of sp³-hybridized carbons (Fsp3) is 0.267. The molecule has 0 spiro atoms. The third-order valence-corrected chi connectivity index (χ3v) is 2.94. The Hall–Kier alpha value is -3.03. The first-order valence-corrected chi connectivity index (χ1v) is 6.84. The molecule has 0 radical (unpaired) electrons. The number of carbonyl (C=O) groups excluding carboxylic acids is 3. The number of Topliss-reactive ketones (excluding diaryl/α,β-unsaturated/α-hetero) is 1. The zero-order chi connectivity index (χ0) is 17.0. The normalized spacial score (nSPS) is 10.2. The number of aryl methyl sites for hydroxylation is 1. The number of anilines is 1. The molecule has 23 heavy (non-hydrogen) atoms. The van der Waals surface area contributed by atoms with Crippen molar-refractivity contribution in [3.05, 3.63) is 41.2 Å². The largest absolute Gasteiger partial charge is 0.462 e. The Bertz CT molecular complexity index is 752. The van der Waals surface area contributed by atoms with Gasteiger partial charge < -0.3 is 9.15 Å². The minimum absolute atomic E-state index is 0.0423. The van der Waals surface area contributed by atoms with Crippen LogP contribution in [0.5, 0.6) is 0 Å². The number of hydrogen-bond acceptors (Lipinski definition) is 7. The van der Waals surface area contributed by atoms with Gasteiger partial charge in [0, 0.05) is 12.4 Å². The molecule has 0 fully saturated rings. The summed E-state index contributed by atoms with van der Waals surface area (Å²) in [6.45, 7) is 4.58. The molecule has 2 aromatic rings. The first-order valence-electron chi connectivity index (χ1n) is 6.84. The minimum atomic E-state index is -0.746. The second-order valence-electron chi connectivity index (χ2n) is 4.56. The number of carbonyl (C=O) groups is 3. The van der Waals surface area contributed by atoms with Crippen molar-refractivity contribution in [2.24, 2.45) is 0 Å². The van der Waals surface area contributed by atoms with E-state index in [2.05, 4.69) is 15.3 Å². The number of amides is 1. The average molecular weight is 317 g/mol. The van der Waals surface area contributed by atoms with Crippen LogP contribution >= 0.6 is 0 Å². The van der Waals surface area contributed by atoms with E-state index in [4.69, 9.17) is 9.15 Å². The third kappa shape index (κ3) is 3.42. The highest BCUT2D eigenvalue weighted by atomic mass is 16.5. The molecule has 2 heterocycles. The fourth-order valence-corrected chi connectivity index (χ4v) is 2.04. The van der Waals surface area contributed by atoms with Crippen molar-refractivity contribution >= 4 is 23.5 Å². The van der Waals surface area contributed by atoms with Crippen molar-refractivity contribution in [2.75, 3.05) is 11.9 Å². The standard InChI is InChI=1S/C15H15N3O5/c1-4-22-15(21)12-11(8(2)19)9(3)23-14(12)18-13(20)10-7-16-5-6-17-10/h5-7H,4H2,1-3H3,(H,18,20). The molecule has 8 heteroatoms. The lowest BCUT2D eigenvalue weighted by Gasteiger charge is -2.05. The molecular formula is C15H15N3O5. The highest BCUT2D eigenvalue weighted by molar-refractivity contribution is 6.12. The predicted molar refractivity (Wildman–Crippen MR) is 79.4 cm³/mol. The van der Waals surface area contributed by atoms with Crippen LogP contribution in [0.15, 0.2) is 23.0 Å². The summed E-state index contributed by atoms with van der Waals surface area (Å²) in [4.78, 5) is 43.6. The van der Waals surface area contributed by atoms with Crippen LogP contribution in [0, 0.1) is 6.92 Å². The van der Waals surface area contributed by atoms with Gasteiger partial charge in [-0.15, -0.1) is 0 Å². The van der Waals surface area contributed by atoms with Crippen LogP contribution < -0.4 is 5.32 Å². The number of rotatable bonds is 5. The molecule has 120 valence electrons. The van der Waals surface area contributed by atoms with E-state index in [0.717, 1.165) is 0 Å². The van der Waals surface area contributed by atoms with E-state index in [1.165, 1.54) is 32.4 Å². The number of furan rings is 1. The van der Waals surface area contributed by atoms with Gasteiger partial charge in [0.1, 0.15) is 17.0 Å². The van der Waals surface area contributed by atoms with E-state index in [1.807, 2.05) is 0 Å². The number of ether oxygens (including phenoxy) is 1. The molecule has 0 aliphatic heterocycles. The molecule has 2 aromatic heterocycles. The molecule has 0 aliphatic carbocycles. The summed E-state index contributed by atoms with van der Waals surface area (Å²) in [6, 6.07) is 0. The Morgan fingerprint density at radius 1 is 1.26 bits per heavy atom. The Labute approximate surface area is 131 Å². The highest BCUT2D eigenvalue weighted by Gasteiger charge is 2.29. The maximum absolute atomic E-state index is 12.1. The maximum atomic E-state index is 12.1. The van der Waals surface area contributed by atoms with Crippen LogP contribution in [0.1, 0.15) is 50.8 Å². The molecule has 0 aliphatic rings. The van der Waals surface area contributed by atoms with Gasteiger partial charge in [-0.3, -0.25) is 19.9 Å². The molecule has 2 rings (SSSR count). The zero-order valence-corrected chi connectivity index (χ0v) is 12.9. The monoisotopic (exact) mass is 317 g/mol. The molecule has 0 saturated heterocycles. The number of nitrogens with zero attached hydrogens (tertiary/aromatic N) is 2. The van der Waals surface area contributed by atoms with Gasteiger partial charge in [-0.25, -0.2) is 9.78 Å². The van der Waals surface area contributed by atoms with Crippen LogP contribution in [-0.2, 0) is 4.74 Å². The number of nitrogens with one attached hydrogen (secondary N) is 1. The highest BCUT2D eigenvalue weighted by Crippen LogP contribution is 2.28. The van der Waals surface area contributed by atoms with Crippen LogP contribution in [0.2, 0.25) is 0 Å². The molecule has 0 atom stereocenters. The summed E-state index contributed by atoms with van der Waals surface area (Å²) in [6.07, 6.45) is 4.04.